The quantitative estimate of drug-likeness (QED) is 0.259. The topological polar surface area (TPSA) is 44.8 Å². The minimum Gasteiger partial charge on any atom is -0.462 e. The summed E-state index contributed by atoms with van der Waals surface area (Å²) in [6.07, 6.45) is 11.4. The van der Waals surface area contributed by atoms with Gasteiger partial charge in [0.05, 0.1) is 5.41 Å². The van der Waals surface area contributed by atoms with Crippen molar-refractivity contribution in [3.63, 3.8) is 0 Å². The first kappa shape index (κ1) is 22.7. The molecular formula is C27H40O4S. The predicted octanol–water partition coefficient (Wildman–Crippen LogP) is 6.37. The normalized spacial score (nSPS) is 47.6. The van der Waals surface area contributed by atoms with Gasteiger partial charge < -0.3 is 14.2 Å². The standard InChI is InChI=1S/C27H40O4S/c1-16-27(31-23(32)29-16)14-11-21-19-8-7-17-15-18(30-22(28)24(2,3)4)9-12-25(17,5)20(19)10-13-26(21,27)6/h7,16,18-21H,8-15H2,1-6H3/t16-,18+,19-,20+,21+,25+,26+,27+/m1/s1. The van der Waals surface area contributed by atoms with Crippen LogP contribution in [0.5, 0.6) is 0 Å². The second kappa shape index (κ2) is 7.20. The highest BCUT2D eigenvalue weighted by atomic mass is 32.1. The van der Waals surface area contributed by atoms with Crippen LogP contribution in [-0.2, 0) is 19.0 Å². The van der Waals surface area contributed by atoms with E-state index in [1.165, 1.54) is 19.3 Å². The van der Waals surface area contributed by atoms with Crippen molar-refractivity contribution < 1.29 is 19.0 Å². The number of fused-ring (bicyclic) bond motifs is 6. The first-order valence-corrected chi connectivity index (χ1v) is 13.1. The monoisotopic (exact) mass is 460 g/mol. The van der Waals surface area contributed by atoms with Crippen LogP contribution in [0.2, 0.25) is 0 Å². The molecule has 1 spiro atoms. The molecular weight excluding hydrogens is 420 g/mol. The molecule has 0 amide bonds. The Morgan fingerprint density at radius 3 is 2.50 bits per heavy atom. The number of carbonyl (C=O) groups excluding carboxylic acids is 1. The van der Waals surface area contributed by atoms with Crippen LogP contribution in [0.15, 0.2) is 11.6 Å². The van der Waals surface area contributed by atoms with Gasteiger partial charge in [-0.25, -0.2) is 0 Å². The van der Waals surface area contributed by atoms with Crippen LogP contribution in [-0.4, -0.2) is 29.0 Å². The minimum atomic E-state index is -0.440. The summed E-state index contributed by atoms with van der Waals surface area (Å²) in [6.45, 7) is 12.9. The molecule has 1 saturated heterocycles. The number of ether oxygens (including phenoxy) is 3. The molecule has 178 valence electrons. The van der Waals surface area contributed by atoms with E-state index in [0.717, 1.165) is 32.1 Å². The van der Waals surface area contributed by atoms with Crippen LogP contribution in [0.3, 0.4) is 0 Å². The molecule has 5 aliphatic rings. The molecule has 5 heteroatoms. The number of carbonyl (C=O) groups is 1. The number of esters is 1. The Kier molecular flexibility index (Phi) is 5.10. The van der Waals surface area contributed by atoms with E-state index in [-0.39, 0.29) is 34.6 Å². The molecule has 0 radical (unpaired) electrons. The predicted molar refractivity (Wildman–Crippen MR) is 128 cm³/mol. The molecule has 0 N–H and O–H groups in total. The maximum Gasteiger partial charge on any atom is 0.353 e. The van der Waals surface area contributed by atoms with Crippen molar-refractivity contribution in [2.75, 3.05) is 0 Å². The Balaban J connectivity index is 1.37. The fraction of sp³-hybridized carbons (Fsp3) is 0.852. The van der Waals surface area contributed by atoms with Crippen molar-refractivity contribution >= 4 is 23.4 Å². The third-order valence-electron chi connectivity index (χ3n) is 10.3. The average Bonchev–Trinajstić information content (AvgIpc) is 3.17. The van der Waals surface area contributed by atoms with Crippen LogP contribution in [0.1, 0.15) is 92.9 Å². The summed E-state index contributed by atoms with van der Waals surface area (Å²) in [7, 11) is 0. The van der Waals surface area contributed by atoms with Crippen molar-refractivity contribution in [1.29, 1.82) is 0 Å². The highest BCUT2D eigenvalue weighted by Gasteiger charge is 2.69. The maximum atomic E-state index is 12.5. The van der Waals surface area contributed by atoms with Gasteiger partial charge in [0.1, 0.15) is 12.2 Å². The molecule has 8 atom stereocenters. The van der Waals surface area contributed by atoms with Crippen molar-refractivity contribution in [1.82, 2.24) is 0 Å². The number of hydrogen-bond acceptors (Lipinski definition) is 5. The lowest BCUT2D eigenvalue weighted by Gasteiger charge is -2.59. The number of hydrogen-bond donors (Lipinski definition) is 0. The fourth-order valence-electron chi connectivity index (χ4n) is 8.42. The van der Waals surface area contributed by atoms with Gasteiger partial charge in [-0.1, -0.05) is 25.5 Å². The molecule has 0 unspecified atom stereocenters. The molecule has 0 aromatic carbocycles. The second-order valence-electron chi connectivity index (χ2n) is 12.8. The van der Waals surface area contributed by atoms with Gasteiger partial charge in [-0.2, -0.15) is 0 Å². The first-order valence-electron chi connectivity index (χ1n) is 12.7. The largest absolute Gasteiger partial charge is 0.462 e. The van der Waals surface area contributed by atoms with E-state index in [1.54, 1.807) is 5.57 Å². The summed E-state index contributed by atoms with van der Waals surface area (Å²) in [4.78, 5) is 12.5. The van der Waals surface area contributed by atoms with Gasteiger partial charge in [-0.05, 0) is 95.8 Å². The smallest absolute Gasteiger partial charge is 0.353 e. The summed E-state index contributed by atoms with van der Waals surface area (Å²) < 4.78 is 18.1. The van der Waals surface area contributed by atoms with Gasteiger partial charge in [0, 0.05) is 24.1 Å². The molecule has 0 bridgehead atoms. The number of rotatable bonds is 1. The fourth-order valence-corrected chi connectivity index (χ4v) is 8.71. The van der Waals surface area contributed by atoms with Crippen LogP contribution < -0.4 is 0 Å². The van der Waals surface area contributed by atoms with E-state index in [9.17, 15) is 4.79 Å². The SMILES string of the molecule is C[C@H]1OC(=S)O[C@@]12CC[C@H]1[C@@H]3CC=C4C[C@@H](OC(=O)C(C)(C)C)CC[C@]4(C)[C@H]3CC[C@@]12C. The Morgan fingerprint density at radius 2 is 1.84 bits per heavy atom. The third-order valence-corrected chi connectivity index (χ3v) is 10.5. The van der Waals surface area contributed by atoms with Crippen LogP contribution >= 0.6 is 12.2 Å². The first-order chi connectivity index (χ1) is 14.9. The van der Waals surface area contributed by atoms with Gasteiger partial charge in [0.15, 0.2) is 5.60 Å². The van der Waals surface area contributed by atoms with E-state index >= 15 is 0 Å². The molecule has 4 aliphatic carbocycles. The molecule has 0 aromatic rings. The van der Waals surface area contributed by atoms with Crippen molar-refractivity contribution in [3.05, 3.63) is 11.6 Å². The van der Waals surface area contributed by atoms with E-state index in [4.69, 9.17) is 26.4 Å². The third kappa shape index (κ3) is 3.05. The van der Waals surface area contributed by atoms with E-state index in [0.29, 0.717) is 23.0 Å². The number of thiocarbonyl (C=S) groups is 1. The van der Waals surface area contributed by atoms with Gasteiger partial charge in [0.25, 0.3) is 0 Å². The van der Waals surface area contributed by atoms with E-state index < -0.39 is 5.41 Å². The highest BCUT2D eigenvalue weighted by molar-refractivity contribution is 7.79. The van der Waals surface area contributed by atoms with Gasteiger partial charge in [-0.3, -0.25) is 4.79 Å². The molecule has 5 rings (SSSR count). The van der Waals surface area contributed by atoms with E-state index in [1.807, 2.05) is 20.8 Å². The molecule has 3 saturated carbocycles. The lowest BCUT2D eigenvalue weighted by molar-refractivity contribution is -0.161. The zero-order valence-electron chi connectivity index (χ0n) is 20.7. The Bertz CT molecular complexity index is 858. The van der Waals surface area contributed by atoms with E-state index in [2.05, 4.69) is 26.8 Å². The zero-order chi connectivity index (χ0) is 23.1. The summed E-state index contributed by atoms with van der Waals surface area (Å²) in [6, 6.07) is 0. The molecule has 4 nitrogen and oxygen atoms in total. The lowest BCUT2D eigenvalue weighted by atomic mass is 9.46. The van der Waals surface area contributed by atoms with Gasteiger partial charge >= 0.3 is 11.2 Å². The van der Waals surface area contributed by atoms with Crippen LogP contribution in [0, 0.1) is 34.0 Å². The number of allylic oxidation sites excluding steroid dienone is 1. The minimum absolute atomic E-state index is 0.0344. The summed E-state index contributed by atoms with van der Waals surface area (Å²) in [5.41, 5.74) is 1.21. The summed E-state index contributed by atoms with van der Waals surface area (Å²) >= 11 is 5.33. The lowest BCUT2D eigenvalue weighted by Crippen LogP contribution is -2.57. The van der Waals surface area contributed by atoms with Crippen LogP contribution in [0.4, 0.5) is 0 Å². The van der Waals surface area contributed by atoms with Crippen LogP contribution in [0.25, 0.3) is 0 Å². The van der Waals surface area contributed by atoms with Crippen molar-refractivity contribution in [2.45, 2.75) is 111 Å². The van der Waals surface area contributed by atoms with Crippen molar-refractivity contribution in [2.24, 2.45) is 34.0 Å². The summed E-state index contributed by atoms with van der Waals surface area (Å²) in [5, 5.41) is 0.349. The molecule has 1 aliphatic heterocycles. The molecule has 1 heterocycles. The van der Waals surface area contributed by atoms with Gasteiger partial charge in [0.2, 0.25) is 0 Å². The molecule has 0 aromatic heterocycles. The van der Waals surface area contributed by atoms with Gasteiger partial charge in [-0.15, -0.1) is 0 Å². The summed E-state index contributed by atoms with van der Waals surface area (Å²) in [5.74, 6) is 1.98. The Hall–Kier alpha value is -1.10. The molecule has 4 fully saturated rings. The highest BCUT2D eigenvalue weighted by Crippen LogP contribution is 2.69. The zero-order valence-corrected chi connectivity index (χ0v) is 21.5. The Morgan fingerprint density at radius 1 is 1.12 bits per heavy atom. The molecule has 32 heavy (non-hydrogen) atoms. The second-order valence-corrected chi connectivity index (χ2v) is 13.1. The van der Waals surface area contributed by atoms with Crippen molar-refractivity contribution in [3.8, 4) is 0 Å². The maximum absolute atomic E-state index is 12.5. The Labute approximate surface area is 198 Å². The average molecular weight is 461 g/mol.